The number of fused-ring (bicyclic) bond motifs is 1. The zero-order valence-electron chi connectivity index (χ0n) is 13.2. The maximum Gasteiger partial charge on any atom is 0.266 e. The number of anilines is 1. The summed E-state index contributed by atoms with van der Waals surface area (Å²) in [6, 6.07) is 10.3. The van der Waals surface area contributed by atoms with Gasteiger partial charge in [-0.1, -0.05) is 32.0 Å². The van der Waals surface area contributed by atoms with Crippen molar-refractivity contribution in [2.45, 2.75) is 32.4 Å². The normalized spacial score (nSPS) is 29.0. The van der Waals surface area contributed by atoms with Crippen LogP contribution in [0.25, 0.3) is 11.5 Å². The molecule has 4 rings (SSSR count). The lowest BCUT2D eigenvalue weighted by molar-refractivity contribution is -0.101. The van der Waals surface area contributed by atoms with Gasteiger partial charge in [0.2, 0.25) is 0 Å². The topological polar surface area (TPSA) is 51.4 Å². The van der Waals surface area contributed by atoms with E-state index >= 15 is 0 Å². The molecule has 2 aliphatic rings. The van der Waals surface area contributed by atoms with Gasteiger partial charge in [-0.15, -0.1) is 0 Å². The predicted octanol–water partition coefficient (Wildman–Crippen LogP) is 2.99. The molecule has 2 aromatic rings. The minimum atomic E-state index is 0.115. The lowest BCUT2D eigenvalue weighted by Crippen LogP contribution is -2.66. The largest absolute Gasteiger partial charge is 0.377 e. The molecule has 0 bridgehead atoms. The van der Waals surface area contributed by atoms with E-state index in [2.05, 4.69) is 35.9 Å². The fraction of sp³-hybridized carbons (Fsp3) is 0.529. The van der Waals surface area contributed by atoms with Gasteiger partial charge in [0, 0.05) is 36.6 Å². The van der Waals surface area contributed by atoms with E-state index in [0.29, 0.717) is 29.9 Å². The number of aromatic nitrogens is 2. The van der Waals surface area contributed by atoms with Crippen LogP contribution in [0, 0.1) is 11.3 Å². The molecule has 0 spiro atoms. The fourth-order valence-corrected chi connectivity index (χ4v) is 4.27. The SMILES string of the molecule is CN(c1noc(-c2ccccc2)n1)C1C2CCOC2C1(C)C. The lowest BCUT2D eigenvalue weighted by Gasteiger charge is -2.57. The van der Waals surface area contributed by atoms with Gasteiger partial charge in [-0.25, -0.2) is 0 Å². The van der Waals surface area contributed by atoms with Crippen molar-refractivity contribution in [2.24, 2.45) is 11.3 Å². The number of rotatable bonds is 3. The molecule has 116 valence electrons. The summed E-state index contributed by atoms with van der Waals surface area (Å²) in [6.45, 7) is 5.39. The Bertz CT molecular complexity index is 668. The van der Waals surface area contributed by atoms with Gasteiger partial charge in [0.25, 0.3) is 11.8 Å². The smallest absolute Gasteiger partial charge is 0.266 e. The van der Waals surface area contributed by atoms with Crippen LogP contribution in [-0.2, 0) is 4.74 Å². The van der Waals surface area contributed by atoms with Gasteiger partial charge >= 0.3 is 0 Å². The number of hydrogen-bond acceptors (Lipinski definition) is 5. The second-order valence-electron chi connectivity index (χ2n) is 6.89. The first-order valence-corrected chi connectivity index (χ1v) is 7.82. The van der Waals surface area contributed by atoms with Crippen LogP contribution in [0.2, 0.25) is 0 Å². The second-order valence-corrected chi connectivity index (χ2v) is 6.89. The van der Waals surface area contributed by atoms with Crippen LogP contribution in [-0.4, -0.2) is 35.9 Å². The Morgan fingerprint density at radius 3 is 2.77 bits per heavy atom. The van der Waals surface area contributed by atoms with Crippen LogP contribution >= 0.6 is 0 Å². The van der Waals surface area contributed by atoms with E-state index in [4.69, 9.17) is 9.26 Å². The van der Waals surface area contributed by atoms with Gasteiger partial charge in [0.15, 0.2) is 0 Å². The molecule has 0 N–H and O–H groups in total. The zero-order chi connectivity index (χ0) is 15.3. The first-order valence-electron chi connectivity index (χ1n) is 7.82. The van der Waals surface area contributed by atoms with Gasteiger partial charge in [0.05, 0.1) is 6.10 Å². The Hall–Kier alpha value is -1.88. The number of benzene rings is 1. The Morgan fingerprint density at radius 2 is 2.00 bits per heavy atom. The van der Waals surface area contributed by atoms with E-state index in [1.54, 1.807) is 0 Å². The van der Waals surface area contributed by atoms with Crippen molar-refractivity contribution >= 4 is 5.95 Å². The number of hydrogen-bond donors (Lipinski definition) is 0. The average Bonchev–Trinajstić information content (AvgIpc) is 3.16. The minimum absolute atomic E-state index is 0.115. The highest BCUT2D eigenvalue weighted by Crippen LogP contribution is 2.54. The summed E-state index contributed by atoms with van der Waals surface area (Å²) in [5.41, 5.74) is 1.06. The van der Waals surface area contributed by atoms with Crippen molar-refractivity contribution in [2.75, 3.05) is 18.6 Å². The van der Waals surface area contributed by atoms with Crippen molar-refractivity contribution in [1.29, 1.82) is 0 Å². The van der Waals surface area contributed by atoms with Gasteiger partial charge in [-0.3, -0.25) is 0 Å². The highest BCUT2D eigenvalue weighted by molar-refractivity contribution is 5.54. The minimum Gasteiger partial charge on any atom is -0.377 e. The van der Waals surface area contributed by atoms with Crippen molar-refractivity contribution in [3.05, 3.63) is 30.3 Å². The molecule has 1 aliphatic heterocycles. The quantitative estimate of drug-likeness (QED) is 0.872. The molecule has 1 saturated carbocycles. The summed E-state index contributed by atoms with van der Waals surface area (Å²) < 4.78 is 11.3. The first kappa shape index (κ1) is 13.8. The molecule has 5 nitrogen and oxygen atoms in total. The maximum atomic E-state index is 5.87. The molecule has 5 heteroatoms. The molecule has 3 unspecified atom stereocenters. The Morgan fingerprint density at radius 1 is 1.23 bits per heavy atom. The second kappa shape index (κ2) is 4.81. The van der Waals surface area contributed by atoms with Crippen LogP contribution < -0.4 is 4.90 Å². The monoisotopic (exact) mass is 299 g/mol. The van der Waals surface area contributed by atoms with E-state index in [9.17, 15) is 0 Å². The molecule has 1 aromatic heterocycles. The molecular weight excluding hydrogens is 278 g/mol. The van der Waals surface area contributed by atoms with Gasteiger partial charge in [-0.05, 0) is 23.7 Å². The summed E-state index contributed by atoms with van der Waals surface area (Å²) in [7, 11) is 2.06. The van der Waals surface area contributed by atoms with E-state index in [0.717, 1.165) is 18.6 Å². The molecule has 3 atom stereocenters. The lowest BCUT2D eigenvalue weighted by atomic mass is 9.57. The third kappa shape index (κ3) is 1.88. The van der Waals surface area contributed by atoms with Crippen LogP contribution in [0.3, 0.4) is 0 Å². The van der Waals surface area contributed by atoms with Crippen LogP contribution in [0.5, 0.6) is 0 Å². The van der Waals surface area contributed by atoms with Crippen molar-refractivity contribution in [1.82, 2.24) is 10.1 Å². The van der Waals surface area contributed by atoms with Crippen LogP contribution in [0.1, 0.15) is 20.3 Å². The third-order valence-electron chi connectivity index (χ3n) is 5.21. The van der Waals surface area contributed by atoms with Crippen LogP contribution in [0.4, 0.5) is 5.95 Å². The first-order chi connectivity index (χ1) is 10.6. The molecule has 0 amide bonds. The molecule has 1 aliphatic carbocycles. The Labute approximate surface area is 130 Å². The standard InChI is InChI=1S/C17H21N3O2/c1-17(2)13(12-9-10-21-14(12)17)20(3)16-18-15(22-19-16)11-7-5-4-6-8-11/h4-8,12-14H,9-10H2,1-3H3. The summed E-state index contributed by atoms with van der Waals surface area (Å²) in [6.07, 6.45) is 1.48. The van der Waals surface area contributed by atoms with Crippen molar-refractivity contribution in [3.63, 3.8) is 0 Å². The number of nitrogens with zero attached hydrogens (tertiary/aromatic N) is 3. The Kier molecular flexibility index (Phi) is 3.01. The molecule has 22 heavy (non-hydrogen) atoms. The summed E-state index contributed by atoms with van der Waals surface area (Å²) in [5, 5.41) is 4.17. The summed E-state index contributed by atoms with van der Waals surface area (Å²) in [5.74, 6) is 1.79. The van der Waals surface area contributed by atoms with E-state index in [1.165, 1.54) is 0 Å². The average molecular weight is 299 g/mol. The maximum absolute atomic E-state index is 5.87. The molecule has 1 saturated heterocycles. The zero-order valence-corrected chi connectivity index (χ0v) is 13.2. The van der Waals surface area contributed by atoms with E-state index < -0.39 is 0 Å². The van der Waals surface area contributed by atoms with Gasteiger partial charge in [0.1, 0.15) is 0 Å². The van der Waals surface area contributed by atoms with Gasteiger partial charge in [-0.2, -0.15) is 4.98 Å². The molecule has 1 aromatic carbocycles. The van der Waals surface area contributed by atoms with E-state index in [-0.39, 0.29) is 5.41 Å². The summed E-state index contributed by atoms with van der Waals surface area (Å²) >= 11 is 0. The highest BCUT2D eigenvalue weighted by Gasteiger charge is 2.61. The predicted molar refractivity (Wildman–Crippen MR) is 83.6 cm³/mol. The highest BCUT2D eigenvalue weighted by atomic mass is 16.5. The van der Waals surface area contributed by atoms with Gasteiger partial charge < -0.3 is 14.2 Å². The fourth-order valence-electron chi connectivity index (χ4n) is 4.27. The Balaban J connectivity index is 1.59. The van der Waals surface area contributed by atoms with E-state index in [1.807, 2.05) is 30.3 Å². The van der Waals surface area contributed by atoms with Crippen molar-refractivity contribution < 1.29 is 9.26 Å². The molecule has 0 radical (unpaired) electrons. The van der Waals surface area contributed by atoms with Crippen LogP contribution in [0.15, 0.2) is 34.9 Å². The molecule has 2 fully saturated rings. The summed E-state index contributed by atoms with van der Waals surface area (Å²) in [4.78, 5) is 6.73. The number of ether oxygens (including phenoxy) is 1. The van der Waals surface area contributed by atoms with Crippen molar-refractivity contribution in [3.8, 4) is 11.5 Å². The molecule has 2 heterocycles. The molecular formula is C17H21N3O2. The third-order valence-corrected chi connectivity index (χ3v) is 5.21.